The maximum atomic E-state index is 11.9. The number of nitrogens with zero attached hydrogens (tertiary/aromatic N) is 1. The molecule has 0 aliphatic carbocycles. The Hall–Kier alpha value is -1.75. The summed E-state index contributed by atoms with van der Waals surface area (Å²) in [5.41, 5.74) is 1.16. The first-order valence-electron chi connectivity index (χ1n) is 8.92. The number of carbonyl (C=O) groups excluding carboxylic acids is 1. The van der Waals surface area contributed by atoms with E-state index in [9.17, 15) is 4.79 Å². The first kappa shape index (κ1) is 18.6. The van der Waals surface area contributed by atoms with Gasteiger partial charge in [0, 0.05) is 13.0 Å². The van der Waals surface area contributed by atoms with Gasteiger partial charge in [-0.15, -0.1) is 0 Å². The molecule has 1 N–H and O–H groups in total. The summed E-state index contributed by atoms with van der Waals surface area (Å²) in [5, 5.41) is 3.09. The summed E-state index contributed by atoms with van der Waals surface area (Å²) in [6, 6.07) is 6.22. The summed E-state index contributed by atoms with van der Waals surface area (Å²) in [4.78, 5) is 14.4. The molecule has 1 atom stereocenters. The molecule has 5 nitrogen and oxygen atoms in total. The number of carbonyl (C=O) groups is 1. The topological polar surface area (TPSA) is 50.8 Å². The Kier molecular flexibility index (Phi) is 7.37. The van der Waals surface area contributed by atoms with Crippen LogP contribution >= 0.6 is 0 Å². The molecule has 24 heavy (non-hydrogen) atoms. The van der Waals surface area contributed by atoms with E-state index in [1.54, 1.807) is 14.2 Å². The lowest BCUT2D eigenvalue weighted by Gasteiger charge is -2.35. The predicted octanol–water partition coefficient (Wildman–Crippen LogP) is 3.15. The molecule has 1 saturated heterocycles. The third-order valence-corrected chi connectivity index (χ3v) is 4.59. The van der Waals surface area contributed by atoms with Gasteiger partial charge in [-0.05, 0) is 50.0 Å². The number of nitrogens with one attached hydrogen (secondary N) is 1. The van der Waals surface area contributed by atoms with E-state index in [4.69, 9.17) is 9.47 Å². The molecule has 1 fully saturated rings. The predicted molar refractivity (Wildman–Crippen MR) is 95.6 cm³/mol. The van der Waals surface area contributed by atoms with Crippen molar-refractivity contribution in [3.8, 4) is 11.5 Å². The number of piperidine rings is 1. The summed E-state index contributed by atoms with van der Waals surface area (Å²) >= 11 is 0. The number of hydrogen-bond donors (Lipinski definition) is 1. The zero-order chi connectivity index (χ0) is 17.4. The SMILES string of the molecule is CCCC(=O)NCC(c1ccc(OC)c(OC)c1)N1CCCCC1. The van der Waals surface area contributed by atoms with E-state index in [0.717, 1.165) is 36.6 Å². The number of hydrogen-bond acceptors (Lipinski definition) is 4. The Morgan fingerprint density at radius 1 is 1.17 bits per heavy atom. The van der Waals surface area contributed by atoms with Crippen LogP contribution in [-0.4, -0.2) is 44.7 Å². The van der Waals surface area contributed by atoms with E-state index in [0.29, 0.717) is 13.0 Å². The van der Waals surface area contributed by atoms with Gasteiger partial charge in [-0.2, -0.15) is 0 Å². The van der Waals surface area contributed by atoms with Crippen LogP contribution in [0, 0.1) is 0 Å². The van der Waals surface area contributed by atoms with Crippen LogP contribution in [-0.2, 0) is 4.79 Å². The van der Waals surface area contributed by atoms with Gasteiger partial charge in [-0.25, -0.2) is 0 Å². The van der Waals surface area contributed by atoms with Crippen molar-refractivity contribution in [1.82, 2.24) is 10.2 Å². The van der Waals surface area contributed by atoms with E-state index in [1.165, 1.54) is 19.3 Å². The van der Waals surface area contributed by atoms with Crippen LogP contribution in [0.25, 0.3) is 0 Å². The van der Waals surface area contributed by atoms with Crippen molar-refractivity contribution >= 4 is 5.91 Å². The summed E-state index contributed by atoms with van der Waals surface area (Å²) in [5.74, 6) is 1.59. The fraction of sp³-hybridized carbons (Fsp3) is 0.632. The van der Waals surface area contributed by atoms with Crippen molar-refractivity contribution in [1.29, 1.82) is 0 Å². The van der Waals surface area contributed by atoms with E-state index >= 15 is 0 Å². The molecule has 5 heteroatoms. The summed E-state index contributed by atoms with van der Waals surface area (Å²) < 4.78 is 10.8. The van der Waals surface area contributed by atoms with Crippen molar-refractivity contribution in [3.63, 3.8) is 0 Å². The molecule has 134 valence electrons. The Morgan fingerprint density at radius 3 is 2.50 bits per heavy atom. The third-order valence-electron chi connectivity index (χ3n) is 4.59. The molecule has 1 aliphatic heterocycles. The first-order chi connectivity index (χ1) is 11.7. The van der Waals surface area contributed by atoms with Crippen LogP contribution in [0.2, 0.25) is 0 Å². The number of benzene rings is 1. The minimum absolute atomic E-state index is 0.125. The van der Waals surface area contributed by atoms with Gasteiger partial charge in [0.05, 0.1) is 20.3 Å². The molecule has 1 heterocycles. The highest BCUT2D eigenvalue weighted by Gasteiger charge is 2.24. The second kappa shape index (κ2) is 9.52. The summed E-state index contributed by atoms with van der Waals surface area (Å²) in [7, 11) is 3.30. The van der Waals surface area contributed by atoms with E-state index < -0.39 is 0 Å². The Balaban J connectivity index is 2.18. The molecule has 1 amide bonds. The minimum Gasteiger partial charge on any atom is -0.493 e. The molecule has 0 spiro atoms. The van der Waals surface area contributed by atoms with Gasteiger partial charge in [-0.3, -0.25) is 9.69 Å². The molecule has 0 aromatic heterocycles. The van der Waals surface area contributed by atoms with Gasteiger partial charge < -0.3 is 14.8 Å². The quantitative estimate of drug-likeness (QED) is 0.793. The molecule has 0 radical (unpaired) electrons. The van der Waals surface area contributed by atoms with Gasteiger partial charge >= 0.3 is 0 Å². The lowest BCUT2D eigenvalue weighted by molar-refractivity contribution is -0.121. The van der Waals surface area contributed by atoms with Crippen LogP contribution in [0.3, 0.4) is 0 Å². The normalized spacial score (nSPS) is 16.5. The second-order valence-electron chi connectivity index (χ2n) is 6.28. The fourth-order valence-corrected chi connectivity index (χ4v) is 3.27. The summed E-state index contributed by atoms with van der Waals surface area (Å²) in [6.45, 7) is 4.80. The largest absolute Gasteiger partial charge is 0.493 e. The van der Waals surface area contributed by atoms with Crippen molar-refractivity contribution in [3.05, 3.63) is 23.8 Å². The Morgan fingerprint density at radius 2 is 1.88 bits per heavy atom. The molecule has 1 unspecified atom stereocenters. The van der Waals surface area contributed by atoms with Gasteiger partial charge in [0.1, 0.15) is 0 Å². The lowest BCUT2D eigenvalue weighted by Crippen LogP contribution is -2.40. The molecule has 0 bridgehead atoms. The van der Waals surface area contributed by atoms with Crippen molar-refractivity contribution < 1.29 is 14.3 Å². The van der Waals surface area contributed by atoms with Crippen LogP contribution in [0.5, 0.6) is 11.5 Å². The van der Waals surface area contributed by atoms with Gasteiger partial charge in [0.2, 0.25) is 5.91 Å². The molecule has 1 aromatic rings. The number of ether oxygens (including phenoxy) is 2. The van der Waals surface area contributed by atoms with Crippen molar-refractivity contribution in [2.24, 2.45) is 0 Å². The first-order valence-corrected chi connectivity index (χ1v) is 8.92. The average Bonchev–Trinajstić information content (AvgIpc) is 2.62. The van der Waals surface area contributed by atoms with E-state index in [-0.39, 0.29) is 11.9 Å². The van der Waals surface area contributed by atoms with E-state index in [2.05, 4.69) is 16.3 Å². The standard InChI is InChI=1S/C19H30N2O3/c1-4-8-19(22)20-14-16(21-11-6-5-7-12-21)15-9-10-17(23-2)18(13-15)24-3/h9-10,13,16H,4-8,11-12,14H2,1-3H3,(H,20,22). The number of likely N-dealkylation sites (tertiary alicyclic amines) is 1. The van der Waals surface area contributed by atoms with Crippen molar-refractivity contribution in [2.45, 2.75) is 45.1 Å². The lowest BCUT2D eigenvalue weighted by atomic mass is 10.0. The summed E-state index contributed by atoms with van der Waals surface area (Å²) in [6.07, 6.45) is 5.17. The minimum atomic E-state index is 0.125. The highest BCUT2D eigenvalue weighted by Crippen LogP contribution is 2.32. The van der Waals surface area contributed by atoms with E-state index in [1.807, 2.05) is 19.1 Å². The van der Waals surface area contributed by atoms with Crippen molar-refractivity contribution in [2.75, 3.05) is 33.9 Å². The molecule has 1 aromatic carbocycles. The number of amides is 1. The molecular formula is C19H30N2O3. The second-order valence-corrected chi connectivity index (χ2v) is 6.28. The molecule has 1 aliphatic rings. The highest BCUT2D eigenvalue weighted by atomic mass is 16.5. The van der Waals surface area contributed by atoms with Crippen LogP contribution in [0.15, 0.2) is 18.2 Å². The zero-order valence-electron chi connectivity index (χ0n) is 15.1. The zero-order valence-corrected chi connectivity index (χ0v) is 15.1. The number of methoxy groups -OCH3 is 2. The number of rotatable bonds is 8. The van der Waals surface area contributed by atoms with Crippen LogP contribution < -0.4 is 14.8 Å². The smallest absolute Gasteiger partial charge is 0.220 e. The average molecular weight is 334 g/mol. The molecular weight excluding hydrogens is 304 g/mol. The van der Waals surface area contributed by atoms with Crippen LogP contribution in [0.4, 0.5) is 0 Å². The van der Waals surface area contributed by atoms with Gasteiger partial charge in [0.25, 0.3) is 0 Å². The maximum absolute atomic E-state index is 11.9. The monoisotopic (exact) mass is 334 g/mol. The molecule has 0 saturated carbocycles. The molecule has 2 rings (SSSR count). The van der Waals surface area contributed by atoms with Crippen LogP contribution in [0.1, 0.15) is 50.6 Å². The highest BCUT2D eigenvalue weighted by molar-refractivity contribution is 5.75. The van der Waals surface area contributed by atoms with Gasteiger partial charge in [0.15, 0.2) is 11.5 Å². The third kappa shape index (κ3) is 4.87. The Labute approximate surface area is 145 Å². The fourth-order valence-electron chi connectivity index (χ4n) is 3.27. The van der Waals surface area contributed by atoms with Gasteiger partial charge in [-0.1, -0.05) is 19.4 Å². The maximum Gasteiger partial charge on any atom is 0.220 e. The Bertz CT molecular complexity index is 527.